The predicted molar refractivity (Wildman–Crippen MR) is 118 cm³/mol. The molecule has 1 saturated carbocycles. The van der Waals surface area contributed by atoms with Crippen LogP contribution < -0.4 is 0 Å². The van der Waals surface area contributed by atoms with Gasteiger partial charge in [-0.2, -0.15) is 4.31 Å². The lowest BCUT2D eigenvalue weighted by molar-refractivity contribution is 0.0923. The summed E-state index contributed by atoms with van der Waals surface area (Å²) in [6, 6.07) is 7.55. The second kappa shape index (κ2) is 8.91. The molecule has 1 heterocycles. The molecule has 1 aliphatic heterocycles. The SMILES string of the molecule is Cc1cccc(S(=O)(=O)N(C)C2C=CC(N3CCCC(C4CCCCC4)C3)C2)c1. The van der Waals surface area contributed by atoms with Crippen molar-refractivity contribution in [3.05, 3.63) is 42.0 Å². The Hall–Kier alpha value is -1.17. The molecule has 3 unspecified atom stereocenters. The van der Waals surface area contributed by atoms with Crippen LogP contribution in [-0.4, -0.2) is 49.8 Å². The molecule has 1 aromatic carbocycles. The van der Waals surface area contributed by atoms with Gasteiger partial charge in [0.25, 0.3) is 0 Å². The molecule has 2 aliphatic carbocycles. The zero-order valence-electron chi connectivity index (χ0n) is 18.0. The summed E-state index contributed by atoms with van der Waals surface area (Å²) in [5.41, 5.74) is 0.974. The van der Waals surface area contributed by atoms with E-state index in [1.165, 1.54) is 51.5 Å². The largest absolute Gasteiger partial charge is 0.297 e. The summed E-state index contributed by atoms with van der Waals surface area (Å²) in [7, 11) is -1.73. The summed E-state index contributed by atoms with van der Waals surface area (Å²) in [6.07, 6.45) is 15.0. The molecule has 160 valence electrons. The molecule has 0 N–H and O–H groups in total. The predicted octanol–water partition coefficient (Wildman–Crippen LogP) is 4.60. The Morgan fingerprint density at radius 2 is 1.76 bits per heavy atom. The normalized spacial score (nSPS) is 29.6. The molecule has 0 spiro atoms. The first kappa shape index (κ1) is 21.1. The summed E-state index contributed by atoms with van der Waals surface area (Å²) < 4.78 is 27.8. The Bertz CT molecular complexity index is 829. The first-order chi connectivity index (χ1) is 13.9. The maximum absolute atomic E-state index is 13.1. The van der Waals surface area contributed by atoms with Crippen LogP contribution in [0.25, 0.3) is 0 Å². The van der Waals surface area contributed by atoms with E-state index < -0.39 is 10.0 Å². The number of nitrogens with zero attached hydrogens (tertiary/aromatic N) is 2. The van der Waals surface area contributed by atoms with E-state index in [2.05, 4.69) is 17.1 Å². The highest BCUT2D eigenvalue weighted by Gasteiger charge is 2.36. The Morgan fingerprint density at radius 3 is 2.52 bits per heavy atom. The van der Waals surface area contributed by atoms with Gasteiger partial charge in [0.05, 0.1) is 4.90 Å². The van der Waals surface area contributed by atoms with Crippen molar-refractivity contribution in [1.29, 1.82) is 0 Å². The van der Waals surface area contributed by atoms with Gasteiger partial charge >= 0.3 is 0 Å². The number of rotatable bonds is 5. The highest BCUT2D eigenvalue weighted by Crippen LogP contribution is 2.36. The van der Waals surface area contributed by atoms with Crippen LogP contribution in [0, 0.1) is 18.8 Å². The van der Waals surface area contributed by atoms with Crippen LogP contribution in [0.2, 0.25) is 0 Å². The number of aryl methyl sites for hydroxylation is 1. The fourth-order valence-electron chi connectivity index (χ4n) is 5.65. The van der Waals surface area contributed by atoms with E-state index in [0.29, 0.717) is 10.9 Å². The second-order valence-electron chi connectivity index (χ2n) is 9.39. The fourth-order valence-corrected chi connectivity index (χ4v) is 7.08. The standard InChI is InChI=1S/C24H36N2O2S/c1-19-8-6-12-24(16-19)29(27,28)25(2)22-13-14-23(17-22)26-15-7-11-21(18-26)20-9-4-3-5-10-20/h6,8,12-14,16,20-23H,3-5,7,9-11,15,17-18H2,1-2H3. The number of hydrogen-bond donors (Lipinski definition) is 0. The van der Waals surface area contributed by atoms with Crippen LogP contribution >= 0.6 is 0 Å². The van der Waals surface area contributed by atoms with Crippen molar-refractivity contribution in [2.75, 3.05) is 20.1 Å². The molecule has 1 aromatic rings. The van der Waals surface area contributed by atoms with Gasteiger partial charge in [0.15, 0.2) is 0 Å². The average Bonchev–Trinajstić information content (AvgIpc) is 3.24. The average molecular weight is 417 g/mol. The van der Waals surface area contributed by atoms with Crippen LogP contribution in [-0.2, 0) is 10.0 Å². The third kappa shape index (κ3) is 4.62. The molecule has 4 rings (SSSR count). The van der Waals surface area contributed by atoms with Crippen molar-refractivity contribution in [2.24, 2.45) is 11.8 Å². The molecule has 3 atom stereocenters. The quantitative estimate of drug-likeness (QED) is 0.659. The van der Waals surface area contributed by atoms with Crippen molar-refractivity contribution in [2.45, 2.75) is 75.3 Å². The van der Waals surface area contributed by atoms with Crippen LogP contribution in [0.3, 0.4) is 0 Å². The van der Waals surface area contributed by atoms with Crippen LogP contribution in [0.5, 0.6) is 0 Å². The Balaban J connectivity index is 1.39. The fraction of sp³-hybridized carbons (Fsp3) is 0.667. The highest BCUT2D eigenvalue weighted by molar-refractivity contribution is 7.89. The summed E-state index contributed by atoms with van der Waals surface area (Å²) in [5.74, 6) is 1.75. The van der Waals surface area contributed by atoms with Gasteiger partial charge in [0.1, 0.15) is 0 Å². The lowest BCUT2D eigenvalue weighted by Crippen LogP contribution is -2.45. The lowest BCUT2D eigenvalue weighted by Gasteiger charge is -2.41. The molecule has 5 heteroatoms. The number of hydrogen-bond acceptors (Lipinski definition) is 3. The maximum atomic E-state index is 13.1. The summed E-state index contributed by atoms with van der Waals surface area (Å²) in [5, 5.41) is 0. The van der Waals surface area contributed by atoms with E-state index in [1.807, 2.05) is 19.1 Å². The minimum Gasteiger partial charge on any atom is -0.297 e. The number of benzene rings is 1. The molecule has 4 nitrogen and oxygen atoms in total. The number of piperidine rings is 1. The van der Waals surface area contributed by atoms with Crippen LogP contribution in [0.4, 0.5) is 0 Å². The van der Waals surface area contributed by atoms with Gasteiger partial charge in [-0.25, -0.2) is 8.42 Å². The zero-order valence-corrected chi connectivity index (χ0v) is 18.8. The molecule has 3 aliphatic rings. The minimum absolute atomic E-state index is 0.0550. The first-order valence-corrected chi connectivity index (χ1v) is 12.9. The van der Waals surface area contributed by atoms with E-state index in [4.69, 9.17) is 0 Å². The first-order valence-electron chi connectivity index (χ1n) is 11.4. The monoisotopic (exact) mass is 416 g/mol. The summed E-state index contributed by atoms with van der Waals surface area (Å²) in [6.45, 7) is 4.28. The minimum atomic E-state index is -3.46. The van der Waals surface area contributed by atoms with Crippen molar-refractivity contribution in [3.63, 3.8) is 0 Å². The lowest BCUT2D eigenvalue weighted by atomic mass is 9.76. The maximum Gasteiger partial charge on any atom is 0.243 e. The molecule has 0 aromatic heterocycles. The van der Waals surface area contributed by atoms with E-state index >= 15 is 0 Å². The smallest absolute Gasteiger partial charge is 0.243 e. The third-order valence-electron chi connectivity index (χ3n) is 7.45. The van der Waals surface area contributed by atoms with Crippen molar-refractivity contribution < 1.29 is 8.42 Å². The molecular weight excluding hydrogens is 380 g/mol. The van der Waals surface area contributed by atoms with E-state index in [-0.39, 0.29) is 6.04 Å². The van der Waals surface area contributed by atoms with Gasteiger partial charge in [0.2, 0.25) is 10.0 Å². The topological polar surface area (TPSA) is 40.6 Å². The van der Waals surface area contributed by atoms with E-state index in [9.17, 15) is 8.42 Å². The van der Waals surface area contributed by atoms with Gasteiger partial charge in [-0.3, -0.25) is 4.90 Å². The van der Waals surface area contributed by atoms with Gasteiger partial charge in [-0.1, -0.05) is 56.4 Å². The van der Waals surface area contributed by atoms with Gasteiger partial charge in [-0.15, -0.1) is 0 Å². The Labute approximate surface area is 177 Å². The van der Waals surface area contributed by atoms with Gasteiger partial charge < -0.3 is 0 Å². The summed E-state index contributed by atoms with van der Waals surface area (Å²) in [4.78, 5) is 3.03. The number of likely N-dealkylation sites (N-methyl/N-ethyl adjacent to an activating group) is 1. The Kier molecular flexibility index (Phi) is 6.47. The third-order valence-corrected chi connectivity index (χ3v) is 9.33. The van der Waals surface area contributed by atoms with Gasteiger partial charge in [-0.05, 0) is 62.3 Å². The molecule has 2 fully saturated rings. The zero-order chi connectivity index (χ0) is 20.4. The Morgan fingerprint density at radius 1 is 1.00 bits per heavy atom. The summed E-state index contributed by atoms with van der Waals surface area (Å²) >= 11 is 0. The molecule has 0 radical (unpaired) electrons. The number of likely N-dealkylation sites (tertiary alicyclic amines) is 1. The van der Waals surface area contributed by atoms with Crippen molar-refractivity contribution >= 4 is 10.0 Å². The van der Waals surface area contributed by atoms with Crippen molar-refractivity contribution in [1.82, 2.24) is 9.21 Å². The highest BCUT2D eigenvalue weighted by atomic mass is 32.2. The molecule has 0 bridgehead atoms. The van der Waals surface area contributed by atoms with Crippen LogP contribution in [0.15, 0.2) is 41.3 Å². The second-order valence-corrected chi connectivity index (χ2v) is 11.4. The molecule has 29 heavy (non-hydrogen) atoms. The molecule has 0 amide bonds. The molecule has 1 saturated heterocycles. The van der Waals surface area contributed by atoms with Gasteiger partial charge in [0, 0.05) is 25.7 Å². The van der Waals surface area contributed by atoms with Crippen LogP contribution in [0.1, 0.15) is 56.9 Å². The number of sulfonamides is 1. The molecular formula is C24H36N2O2S. The van der Waals surface area contributed by atoms with E-state index in [1.54, 1.807) is 23.5 Å². The van der Waals surface area contributed by atoms with E-state index in [0.717, 1.165) is 30.4 Å². The van der Waals surface area contributed by atoms with Crippen molar-refractivity contribution in [3.8, 4) is 0 Å².